The molecule has 3 aliphatic rings. The Balaban J connectivity index is 1.67. The molecule has 2 fully saturated rings. The summed E-state index contributed by atoms with van der Waals surface area (Å²) in [6, 6.07) is 1.37. The molecule has 0 saturated carbocycles. The van der Waals surface area contributed by atoms with E-state index in [0.717, 1.165) is 29.2 Å². The third-order valence-corrected chi connectivity index (χ3v) is 11.4. The molecule has 2 amide bonds. The predicted octanol–water partition coefficient (Wildman–Crippen LogP) is 4.36. The van der Waals surface area contributed by atoms with Gasteiger partial charge in [0.2, 0.25) is 5.91 Å². The molecule has 1 N–H and O–H groups in total. The maximum Gasteiger partial charge on any atom is 0.435 e. The van der Waals surface area contributed by atoms with E-state index in [0.29, 0.717) is 11.0 Å². The number of carboxylic acids is 1. The van der Waals surface area contributed by atoms with Gasteiger partial charge >= 0.3 is 24.0 Å². The summed E-state index contributed by atoms with van der Waals surface area (Å²) in [4.78, 5) is 38.4. The van der Waals surface area contributed by atoms with Gasteiger partial charge in [0.15, 0.2) is 16.0 Å². The molecule has 0 radical (unpaired) electrons. The van der Waals surface area contributed by atoms with Gasteiger partial charge in [0.05, 0.1) is 10.9 Å². The van der Waals surface area contributed by atoms with Gasteiger partial charge in [0.1, 0.15) is 23.2 Å². The Bertz CT molecular complexity index is 1680. The first-order chi connectivity index (χ1) is 21.2. The third kappa shape index (κ3) is 4.81. The second-order valence-electron chi connectivity index (χ2n) is 11.3. The van der Waals surface area contributed by atoms with Crippen LogP contribution in [0.5, 0.6) is 0 Å². The van der Waals surface area contributed by atoms with Gasteiger partial charge in [-0.2, -0.15) is 26.3 Å². The van der Waals surface area contributed by atoms with Crippen molar-refractivity contribution in [2.75, 3.05) is 13.1 Å². The van der Waals surface area contributed by atoms with Gasteiger partial charge in [-0.15, -0.1) is 0 Å². The summed E-state index contributed by atoms with van der Waals surface area (Å²) >= 11 is 0. The minimum atomic E-state index is -6.44. The monoisotopic (exact) mass is 686 g/mol. The van der Waals surface area contributed by atoms with Crippen molar-refractivity contribution in [1.82, 2.24) is 9.80 Å². The van der Waals surface area contributed by atoms with Crippen molar-refractivity contribution in [2.45, 2.75) is 71.6 Å². The highest BCUT2D eigenvalue weighted by molar-refractivity contribution is 7.92. The maximum atomic E-state index is 15.0. The standard InChI is InChI=1S/C28H23F9N2O6S/c29-16-3-5-17(6-4-16)46(44,45)25-9-10-38(24(43)20-12-19(30)23(42)39(20)13-22(40)41)21(25)8-1-14-11-15(2-7-18(14)25)26(31,27(32,33)34)28(35,36)37/h2-7,11,19-21H,1,8-10,12-13H2,(H,40,41)/t19-,20+,21-,25-/m1/s1. The van der Waals surface area contributed by atoms with Crippen LogP contribution in [0.4, 0.5) is 39.5 Å². The number of amides is 2. The number of halogens is 9. The van der Waals surface area contributed by atoms with E-state index in [2.05, 4.69) is 0 Å². The quantitative estimate of drug-likeness (QED) is 0.358. The predicted molar refractivity (Wildman–Crippen MR) is 138 cm³/mol. The number of likely N-dealkylation sites (tertiary alicyclic amines) is 2. The number of rotatable bonds is 6. The second-order valence-corrected chi connectivity index (χ2v) is 13.5. The van der Waals surface area contributed by atoms with Gasteiger partial charge in [-0.1, -0.05) is 18.2 Å². The Kier molecular flexibility index (Phi) is 7.92. The average molecular weight is 687 g/mol. The largest absolute Gasteiger partial charge is 0.480 e. The molecule has 0 spiro atoms. The fourth-order valence-corrected chi connectivity index (χ4v) is 9.20. The summed E-state index contributed by atoms with van der Waals surface area (Å²) in [5.74, 6) is -4.71. The SMILES string of the molecule is O=C(O)CN1C(=O)[C@H](F)C[C@H]1C(=O)N1CC[C@@]2(S(=O)(=O)c3ccc(F)cc3)c3ccc(C(F)(C(F)(F)F)C(F)(F)F)cc3CC[C@@H]12. The number of alkyl halides is 8. The molecule has 4 atom stereocenters. The van der Waals surface area contributed by atoms with E-state index >= 15 is 0 Å². The van der Waals surface area contributed by atoms with Crippen LogP contribution in [0.2, 0.25) is 0 Å². The summed E-state index contributed by atoms with van der Waals surface area (Å²) in [6.07, 6.45) is -17.2. The first-order valence-electron chi connectivity index (χ1n) is 13.6. The van der Waals surface area contributed by atoms with E-state index in [1.807, 2.05) is 0 Å². The highest BCUT2D eigenvalue weighted by atomic mass is 32.2. The Morgan fingerprint density at radius 2 is 1.59 bits per heavy atom. The Morgan fingerprint density at radius 1 is 0.978 bits per heavy atom. The average Bonchev–Trinajstić information content (AvgIpc) is 3.49. The molecule has 46 heavy (non-hydrogen) atoms. The molecule has 8 nitrogen and oxygen atoms in total. The highest BCUT2D eigenvalue weighted by Crippen LogP contribution is 2.57. The Labute approximate surface area is 254 Å². The number of benzene rings is 2. The van der Waals surface area contributed by atoms with Gasteiger partial charge in [-0.25, -0.2) is 21.6 Å². The first-order valence-corrected chi connectivity index (χ1v) is 15.1. The van der Waals surface area contributed by atoms with Gasteiger partial charge in [-0.05, 0) is 54.7 Å². The number of carbonyl (C=O) groups is 3. The lowest BCUT2D eigenvalue weighted by Crippen LogP contribution is -2.56. The molecule has 5 rings (SSSR count). The molecule has 2 aliphatic heterocycles. The minimum absolute atomic E-state index is 0.173. The lowest BCUT2D eigenvalue weighted by atomic mass is 9.76. The van der Waals surface area contributed by atoms with Crippen molar-refractivity contribution in [3.05, 3.63) is 65.0 Å². The lowest BCUT2D eigenvalue weighted by Gasteiger charge is -2.43. The number of nitrogens with zero attached hydrogens (tertiary/aromatic N) is 2. The smallest absolute Gasteiger partial charge is 0.435 e. The van der Waals surface area contributed by atoms with E-state index in [1.165, 1.54) is 0 Å². The molecule has 2 saturated heterocycles. The van der Waals surface area contributed by atoms with Gasteiger partial charge in [0.25, 0.3) is 5.91 Å². The topological polar surface area (TPSA) is 112 Å². The normalized spacial score (nSPS) is 25.4. The summed E-state index contributed by atoms with van der Waals surface area (Å²) in [6.45, 7) is -1.48. The van der Waals surface area contributed by atoms with Crippen LogP contribution in [0, 0.1) is 5.82 Å². The molecule has 0 unspecified atom stereocenters. The third-order valence-electron chi connectivity index (χ3n) is 8.90. The zero-order valence-electron chi connectivity index (χ0n) is 23.2. The molecule has 0 bridgehead atoms. The molecule has 2 heterocycles. The molecule has 1 aliphatic carbocycles. The van der Waals surface area contributed by atoms with Gasteiger partial charge in [-0.3, -0.25) is 14.4 Å². The number of carbonyl (C=O) groups excluding carboxylic acids is 2. The van der Waals surface area contributed by atoms with Crippen LogP contribution in [0.15, 0.2) is 47.4 Å². The summed E-state index contributed by atoms with van der Waals surface area (Å²) in [5, 5.41) is 9.20. The van der Waals surface area contributed by atoms with Crippen molar-refractivity contribution in [3.63, 3.8) is 0 Å². The van der Waals surface area contributed by atoms with Gasteiger partial charge in [0, 0.05) is 18.5 Å². The molecule has 250 valence electrons. The maximum absolute atomic E-state index is 15.0. The molecular formula is C28H23F9N2O6S. The van der Waals surface area contributed by atoms with E-state index < -0.39 is 124 Å². The van der Waals surface area contributed by atoms with Crippen molar-refractivity contribution < 1.29 is 67.4 Å². The van der Waals surface area contributed by atoms with Crippen LogP contribution >= 0.6 is 0 Å². The zero-order valence-corrected chi connectivity index (χ0v) is 24.0. The van der Waals surface area contributed by atoms with Crippen LogP contribution in [-0.4, -0.2) is 84.8 Å². The van der Waals surface area contributed by atoms with Crippen LogP contribution in [0.25, 0.3) is 0 Å². The molecule has 0 aromatic heterocycles. The van der Waals surface area contributed by atoms with Crippen molar-refractivity contribution in [1.29, 1.82) is 0 Å². The second kappa shape index (κ2) is 10.9. The van der Waals surface area contributed by atoms with E-state index in [9.17, 15) is 67.4 Å². The molecular weight excluding hydrogens is 663 g/mol. The number of carboxylic acid groups (broad SMARTS) is 1. The molecule has 2 aromatic carbocycles. The fourth-order valence-electron chi connectivity index (χ4n) is 6.83. The summed E-state index contributed by atoms with van der Waals surface area (Å²) in [5.41, 5.74) is -8.35. The van der Waals surface area contributed by atoms with Crippen LogP contribution in [-0.2, 0) is 41.1 Å². The van der Waals surface area contributed by atoms with Crippen LogP contribution in [0.3, 0.4) is 0 Å². The molecule has 18 heteroatoms. The number of aliphatic carboxylic acids is 1. The lowest BCUT2D eigenvalue weighted by molar-refractivity contribution is -0.348. The van der Waals surface area contributed by atoms with E-state index in [1.54, 1.807) is 0 Å². The minimum Gasteiger partial charge on any atom is -0.480 e. The van der Waals surface area contributed by atoms with Crippen molar-refractivity contribution >= 4 is 27.6 Å². The fraction of sp³-hybridized carbons (Fsp3) is 0.464. The van der Waals surface area contributed by atoms with Gasteiger partial charge < -0.3 is 14.9 Å². The number of sulfone groups is 1. The van der Waals surface area contributed by atoms with Crippen LogP contribution < -0.4 is 0 Å². The number of hydrogen-bond acceptors (Lipinski definition) is 5. The number of hydrogen-bond donors (Lipinski definition) is 1. The van der Waals surface area contributed by atoms with Crippen LogP contribution in [0.1, 0.15) is 36.0 Å². The summed E-state index contributed by atoms with van der Waals surface area (Å²) in [7, 11) is -4.79. The van der Waals surface area contributed by atoms with E-state index in [-0.39, 0.29) is 23.3 Å². The van der Waals surface area contributed by atoms with E-state index in [4.69, 9.17) is 0 Å². The number of fused-ring (bicyclic) bond motifs is 3. The van der Waals surface area contributed by atoms with Crippen molar-refractivity contribution in [3.8, 4) is 0 Å². The first kappa shape index (κ1) is 33.5. The molecule has 2 aromatic rings. The number of aryl methyl sites for hydroxylation is 1. The zero-order chi connectivity index (χ0) is 34.2. The Hall–Kier alpha value is -3.83. The summed E-state index contributed by atoms with van der Waals surface area (Å²) < 4.78 is 151. The highest BCUT2D eigenvalue weighted by Gasteiger charge is 2.74. The Morgan fingerprint density at radius 3 is 2.15 bits per heavy atom. The van der Waals surface area contributed by atoms with Crippen molar-refractivity contribution in [2.24, 2.45) is 0 Å².